The second-order valence-corrected chi connectivity index (χ2v) is 4.18. The first-order valence-electron chi connectivity index (χ1n) is 5.79. The summed E-state index contributed by atoms with van der Waals surface area (Å²) in [7, 11) is 3.42. The van der Waals surface area contributed by atoms with Crippen molar-refractivity contribution in [2.45, 2.75) is 0 Å². The van der Waals surface area contributed by atoms with Crippen molar-refractivity contribution in [3.63, 3.8) is 0 Å². The van der Waals surface area contributed by atoms with Gasteiger partial charge in [0.1, 0.15) is 0 Å². The van der Waals surface area contributed by atoms with Gasteiger partial charge in [-0.15, -0.1) is 0 Å². The highest BCUT2D eigenvalue weighted by Crippen LogP contribution is 2.06. The molecule has 2 heterocycles. The van der Waals surface area contributed by atoms with Crippen molar-refractivity contribution in [3.8, 4) is 0 Å². The molecule has 1 saturated heterocycles. The van der Waals surface area contributed by atoms with Gasteiger partial charge in [0, 0.05) is 26.2 Å². The third kappa shape index (κ3) is 3.14. The van der Waals surface area contributed by atoms with Crippen LogP contribution in [0.1, 0.15) is 10.5 Å². The molecular weight excluding hydrogens is 234 g/mol. The first-order valence-corrected chi connectivity index (χ1v) is 5.79. The number of hydrogen-bond donors (Lipinski definition) is 1. The molecule has 0 saturated carbocycles. The predicted molar refractivity (Wildman–Crippen MR) is 66.1 cm³/mol. The third-order valence-corrected chi connectivity index (χ3v) is 2.82. The number of hydrazine groups is 1. The number of ether oxygens (including phenoxy) is 1. The molecule has 1 fully saturated rings. The van der Waals surface area contributed by atoms with Gasteiger partial charge in [-0.1, -0.05) is 0 Å². The van der Waals surface area contributed by atoms with Crippen LogP contribution in [-0.4, -0.2) is 66.2 Å². The van der Waals surface area contributed by atoms with Gasteiger partial charge in [-0.25, -0.2) is 19.8 Å². The van der Waals surface area contributed by atoms with Crippen LogP contribution >= 0.6 is 0 Å². The number of nitrogens with one attached hydrogen (secondary N) is 1. The molecular formula is C11H17N5O2. The van der Waals surface area contributed by atoms with Crippen LogP contribution in [0.5, 0.6) is 0 Å². The summed E-state index contributed by atoms with van der Waals surface area (Å²) >= 11 is 0. The summed E-state index contributed by atoms with van der Waals surface area (Å²) in [5.41, 5.74) is 3.38. The van der Waals surface area contributed by atoms with Gasteiger partial charge in [-0.3, -0.25) is 0 Å². The lowest BCUT2D eigenvalue weighted by Gasteiger charge is -2.32. The Morgan fingerprint density at radius 1 is 1.28 bits per heavy atom. The molecule has 18 heavy (non-hydrogen) atoms. The average Bonchev–Trinajstić information content (AvgIpc) is 2.41. The highest BCUT2D eigenvalue weighted by atomic mass is 16.5. The lowest BCUT2D eigenvalue weighted by Crippen LogP contribution is -2.47. The van der Waals surface area contributed by atoms with E-state index in [1.54, 1.807) is 0 Å². The highest BCUT2D eigenvalue weighted by Gasteiger charge is 2.14. The Hall–Kier alpha value is -1.73. The number of methoxy groups -OCH3 is 1. The minimum absolute atomic E-state index is 0.210. The summed E-state index contributed by atoms with van der Waals surface area (Å²) < 4.78 is 4.56. The Morgan fingerprint density at radius 3 is 2.56 bits per heavy atom. The number of carbonyl (C=O) groups is 1. The number of aromatic nitrogens is 2. The Kier molecular flexibility index (Phi) is 4.06. The first kappa shape index (κ1) is 12.7. The molecule has 98 valence electrons. The van der Waals surface area contributed by atoms with E-state index in [1.165, 1.54) is 19.5 Å². The monoisotopic (exact) mass is 251 g/mol. The van der Waals surface area contributed by atoms with Crippen molar-refractivity contribution >= 4 is 11.8 Å². The minimum Gasteiger partial charge on any atom is -0.464 e. The number of piperazine rings is 1. The molecule has 1 aromatic rings. The topological polar surface area (TPSA) is 70.6 Å². The quantitative estimate of drug-likeness (QED) is 0.748. The molecule has 0 amide bonds. The van der Waals surface area contributed by atoms with Gasteiger partial charge < -0.3 is 15.1 Å². The average molecular weight is 251 g/mol. The molecule has 1 aliphatic rings. The lowest BCUT2D eigenvalue weighted by molar-refractivity contribution is 0.0593. The van der Waals surface area contributed by atoms with Crippen LogP contribution in [0.3, 0.4) is 0 Å². The molecule has 1 aliphatic heterocycles. The number of carbonyl (C=O) groups excluding carboxylic acids is 1. The van der Waals surface area contributed by atoms with E-state index in [4.69, 9.17) is 0 Å². The SMILES string of the molecule is COC(=O)c1cnc(NN2CCN(C)CC2)cn1. The van der Waals surface area contributed by atoms with Gasteiger partial charge in [0.15, 0.2) is 11.5 Å². The Balaban J connectivity index is 1.92. The normalized spacial score (nSPS) is 17.4. The predicted octanol–water partition coefficient (Wildman–Crippen LogP) is -0.163. The lowest BCUT2D eigenvalue weighted by atomic mass is 10.4. The van der Waals surface area contributed by atoms with E-state index >= 15 is 0 Å². The van der Waals surface area contributed by atoms with E-state index in [0.717, 1.165) is 26.2 Å². The van der Waals surface area contributed by atoms with Crippen molar-refractivity contribution < 1.29 is 9.53 Å². The van der Waals surface area contributed by atoms with Crippen LogP contribution < -0.4 is 5.43 Å². The number of likely N-dealkylation sites (N-methyl/N-ethyl adjacent to an activating group) is 1. The molecule has 0 atom stereocenters. The fourth-order valence-corrected chi connectivity index (χ4v) is 1.68. The number of anilines is 1. The van der Waals surface area contributed by atoms with Gasteiger partial charge in [0.2, 0.25) is 0 Å². The maximum atomic E-state index is 11.2. The van der Waals surface area contributed by atoms with Crippen LogP contribution in [0.4, 0.5) is 5.82 Å². The molecule has 2 rings (SSSR count). The summed E-state index contributed by atoms with van der Waals surface area (Å²) in [6, 6.07) is 0. The van der Waals surface area contributed by atoms with Crippen LogP contribution in [-0.2, 0) is 4.74 Å². The van der Waals surface area contributed by atoms with E-state index in [1.807, 2.05) is 0 Å². The molecule has 1 N–H and O–H groups in total. The van der Waals surface area contributed by atoms with Crippen LogP contribution in [0, 0.1) is 0 Å². The minimum atomic E-state index is -0.478. The highest BCUT2D eigenvalue weighted by molar-refractivity contribution is 5.86. The van der Waals surface area contributed by atoms with E-state index in [-0.39, 0.29) is 5.69 Å². The van der Waals surface area contributed by atoms with Gasteiger partial charge >= 0.3 is 5.97 Å². The first-order chi connectivity index (χ1) is 8.69. The Labute approximate surface area is 106 Å². The van der Waals surface area contributed by atoms with Gasteiger partial charge in [0.25, 0.3) is 0 Å². The van der Waals surface area contributed by atoms with Crippen LogP contribution in [0.25, 0.3) is 0 Å². The van der Waals surface area contributed by atoms with Crippen molar-refractivity contribution in [3.05, 3.63) is 18.1 Å². The number of rotatable bonds is 3. The second-order valence-electron chi connectivity index (χ2n) is 4.18. The number of hydrogen-bond acceptors (Lipinski definition) is 7. The summed E-state index contributed by atoms with van der Waals surface area (Å²) in [6.07, 6.45) is 2.94. The Bertz CT molecular complexity index is 400. The maximum absolute atomic E-state index is 11.2. The molecule has 0 aliphatic carbocycles. The summed E-state index contributed by atoms with van der Waals surface area (Å²) in [5.74, 6) is 0.154. The zero-order chi connectivity index (χ0) is 13.0. The van der Waals surface area contributed by atoms with E-state index in [9.17, 15) is 4.79 Å². The maximum Gasteiger partial charge on any atom is 0.358 e. The number of esters is 1. The van der Waals surface area contributed by atoms with E-state index in [0.29, 0.717) is 5.82 Å². The van der Waals surface area contributed by atoms with Crippen molar-refractivity contribution in [1.29, 1.82) is 0 Å². The molecule has 0 aromatic carbocycles. The fourth-order valence-electron chi connectivity index (χ4n) is 1.68. The van der Waals surface area contributed by atoms with Gasteiger partial charge in [0.05, 0.1) is 19.5 Å². The van der Waals surface area contributed by atoms with Crippen molar-refractivity contribution in [1.82, 2.24) is 19.9 Å². The van der Waals surface area contributed by atoms with E-state index < -0.39 is 5.97 Å². The summed E-state index contributed by atoms with van der Waals surface area (Å²) in [6.45, 7) is 3.88. The zero-order valence-corrected chi connectivity index (χ0v) is 10.6. The molecule has 1 aromatic heterocycles. The standard InChI is InChI=1S/C11H17N5O2/c1-15-3-5-16(6-4-15)14-10-8-12-9(7-13-10)11(17)18-2/h7-8H,3-6H2,1-2H3,(H,13,14). The van der Waals surface area contributed by atoms with Crippen LogP contribution in [0.2, 0.25) is 0 Å². The van der Waals surface area contributed by atoms with Gasteiger partial charge in [-0.2, -0.15) is 0 Å². The summed E-state index contributed by atoms with van der Waals surface area (Å²) in [4.78, 5) is 21.6. The largest absolute Gasteiger partial charge is 0.464 e. The Morgan fingerprint density at radius 2 is 2.00 bits per heavy atom. The molecule has 0 unspecified atom stereocenters. The molecule has 0 radical (unpaired) electrons. The van der Waals surface area contributed by atoms with Gasteiger partial charge in [-0.05, 0) is 7.05 Å². The fraction of sp³-hybridized carbons (Fsp3) is 0.545. The molecule has 7 nitrogen and oxygen atoms in total. The number of nitrogens with zero attached hydrogens (tertiary/aromatic N) is 4. The zero-order valence-electron chi connectivity index (χ0n) is 10.6. The third-order valence-electron chi connectivity index (χ3n) is 2.82. The molecule has 0 bridgehead atoms. The van der Waals surface area contributed by atoms with Crippen molar-refractivity contribution in [2.24, 2.45) is 0 Å². The smallest absolute Gasteiger partial charge is 0.358 e. The molecule has 0 spiro atoms. The second kappa shape index (κ2) is 5.74. The van der Waals surface area contributed by atoms with Crippen LogP contribution in [0.15, 0.2) is 12.4 Å². The van der Waals surface area contributed by atoms with E-state index in [2.05, 4.69) is 37.1 Å². The summed E-state index contributed by atoms with van der Waals surface area (Å²) in [5, 5.41) is 2.09. The molecule has 7 heteroatoms. The van der Waals surface area contributed by atoms with Crippen molar-refractivity contribution in [2.75, 3.05) is 45.8 Å².